The van der Waals surface area contributed by atoms with Crippen molar-refractivity contribution >= 4 is 48.8 Å². The van der Waals surface area contributed by atoms with Gasteiger partial charge in [0.05, 0.1) is 9.79 Å². The van der Waals surface area contributed by atoms with Crippen molar-refractivity contribution in [1.82, 2.24) is 0 Å². The predicted molar refractivity (Wildman–Crippen MR) is 150 cm³/mol. The van der Waals surface area contributed by atoms with Crippen LogP contribution >= 0.6 is 0 Å². The second kappa shape index (κ2) is 11.0. The third-order valence-corrected chi connectivity index (χ3v) is 8.15. The summed E-state index contributed by atoms with van der Waals surface area (Å²) in [7, 11) is -7.48. The van der Waals surface area contributed by atoms with Gasteiger partial charge in [-0.2, -0.15) is 0 Å². The molecule has 0 bridgehead atoms. The van der Waals surface area contributed by atoms with E-state index in [1.807, 2.05) is 26.0 Å². The quantitative estimate of drug-likeness (QED) is 0.228. The lowest BCUT2D eigenvalue weighted by Gasteiger charge is -2.12. The van der Waals surface area contributed by atoms with Gasteiger partial charge >= 0.3 is 6.03 Å². The van der Waals surface area contributed by atoms with Gasteiger partial charge in [-0.1, -0.05) is 24.3 Å². The van der Waals surface area contributed by atoms with Crippen LogP contribution in [0.1, 0.15) is 11.1 Å². The zero-order valence-corrected chi connectivity index (χ0v) is 22.2. The fourth-order valence-electron chi connectivity index (χ4n) is 3.53. The molecule has 4 aromatic rings. The molecule has 4 rings (SSSR count). The number of benzene rings is 4. The van der Waals surface area contributed by atoms with Gasteiger partial charge in [-0.05, 0) is 97.8 Å². The maximum Gasteiger partial charge on any atom is 0.323 e. The highest BCUT2D eigenvalue weighted by atomic mass is 32.2. The molecular formula is C27H26N4O5S2. The third-order valence-electron chi connectivity index (χ3n) is 5.39. The molecule has 4 aromatic carbocycles. The molecule has 4 N–H and O–H groups in total. The Bertz CT molecular complexity index is 1540. The van der Waals surface area contributed by atoms with Crippen LogP contribution in [0.3, 0.4) is 0 Å². The van der Waals surface area contributed by atoms with E-state index in [0.29, 0.717) is 22.7 Å². The number of anilines is 4. The first-order chi connectivity index (χ1) is 18.0. The molecule has 0 aliphatic carbocycles. The zero-order valence-electron chi connectivity index (χ0n) is 20.6. The standard InChI is InChI=1S/C27H26N4O5S2/c1-19-5-3-7-25(17-19)37(33,34)30-23-13-9-21(10-14-23)28-27(32)29-22-11-15-24(16-12-22)31-38(35,36)26-8-4-6-20(2)18-26/h3-18,30-31H,1-2H3,(H2,28,29,32). The Kier molecular flexibility index (Phi) is 7.70. The van der Waals surface area contributed by atoms with Crippen LogP contribution < -0.4 is 20.1 Å². The van der Waals surface area contributed by atoms with Gasteiger partial charge < -0.3 is 10.6 Å². The molecule has 0 aromatic heterocycles. The van der Waals surface area contributed by atoms with Gasteiger partial charge in [-0.15, -0.1) is 0 Å². The average molecular weight is 551 g/mol. The second-order valence-corrected chi connectivity index (χ2v) is 11.9. The molecule has 11 heteroatoms. The smallest absolute Gasteiger partial charge is 0.308 e. The molecule has 0 unspecified atom stereocenters. The van der Waals surface area contributed by atoms with Crippen LogP contribution in [0.25, 0.3) is 0 Å². The van der Waals surface area contributed by atoms with Gasteiger partial charge in [-0.25, -0.2) is 21.6 Å². The van der Waals surface area contributed by atoms with E-state index >= 15 is 0 Å². The molecule has 0 saturated heterocycles. The summed E-state index contributed by atoms with van der Waals surface area (Å²) < 4.78 is 55.3. The number of carbonyl (C=O) groups excluding carboxylic acids is 1. The fourth-order valence-corrected chi connectivity index (χ4v) is 5.86. The first-order valence-corrected chi connectivity index (χ1v) is 14.4. The number of carbonyl (C=O) groups is 1. The van der Waals surface area contributed by atoms with E-state index in [2.05, 4.69) is 20.1 Å². The molecule has 0 fully saturated rings. The Labute approximate surface area is 222 Å². The number of aryl methyl sites for hydroxylation is 2. The van der Waals surface area contributed by atoms with Crippen molar-refractivity contribution in [1.29, 1.82) is 0 Å². The second-order valence-electron chi connectivity index (χ2n) is 8.58. The first-order valence-electron chi connectivity index (χ1n) is 11.5. The molecule has 0 aliphatic heterocycles. The van der Waals surface area contributed by atoms with Crippen molar-refractivity contribution < 1.29 is 21.6 Å². The van der Waals surface area contributed by atoms with Crippen molar-refractivity contribution in [2.45, 2.75) is 23.6 Å². The van der Waals surface area contributed by atoms with Crippen LogP contribution in [0.4, 0.5) is 27.5 Å². The molecule has 0 heterocycles. The summed E-state index contributed by atoms with van der Waals surface area (Å²) >= 11 is 0. The lowest BCUT2D eigenvalue weighted by atomic mass is 10.2. The van der Waals surface area contributed by atoms with E-state index in [9.17, 15) is 21.6 Å². The topological polar surface area (TPSA) is 133 Å². The molecule has 0 spiro atoms. The van der Waals surface area contributed by atoms with E-state index in [1.54, 1.807) is 48.5 Å². The fraction of sp³-hybridized carbons (Fsp3) is 0.0741. The van der Waals surface area contributed by atoms with Crippen molar-refractivity contribution in [2.75, 3.05) is 20.1 Å². The van der Waals surface area contributed by atoms with Crippen molar-refractivity contribution in [3.8, 4) is 0 Å². The van der Waals surface area contributed by atoms with Crippen LogP contribution in [0, 0.1) is 13.8 Å². The number of hydrogen-bond donors (Lipinski definition) is 4. The SMILES string of the molecule is Cc1cccc(S(=O)(=O)Nc2ccc(NC(=O)Nc3ccc(NS(=O)(=O)c4cccc(C)c4)cc3)cc2)c1. The molecular weight excluding hydrogens is 524 g/mol. The average Bonchev–Trinajstić information content (AvgIpc) is 2.86. The van der Waals surface area contributed by atoms with Crippen LogP contribution in [-0.4, -0.2) is 22.9 Å². The number of nitrogens with one attached hydrogen (secondary N) is 4. The molecule has 196 valence electrons. The summed E-state index contributed by atoms with van der Waals surface area (Å²) in [4.78, 5) is 12.7. The monoisotopic (exact) mass is 550 g/mol. The van der Waals surface area contributed by atoms with Gasteiger partial charge in [-0.3, -0.25) is 9.44 Å². The van der Waals surface area contributed by atoms with Crippen molar-refractivity contribution in [3.05, 3.63) is 108 Å². The van der Waals surface area contributed by atoms with Gasteiger partial charge in [0.1, 0.15) is 0 Å². The number of urea groups is 1. The normalized spacial score (nSPS) is 11.4. The molecule has 38 heavy (non-hydrogen) atoms. The molecule has 2 amide bonds. The summed E-state index contributed by atoms with van der Waals surface area (Å²) in [6.45, 7) is 3.62. The minimum absolute atomic E-state index is 0.160. The lowest BCUT2D eigenvalue weighted by Crippen LogP contribution is -2.19. The number of sulfonamides is 2. The minimum Gasteiger partial charge on any atom is -0.308 e. The maximum absolute atomic E-state index is 12.6. The van der Waals surface area contributed by atoms with Crippen LogP contribution in [0.15, 0.2) is 107 Å². The highest BCUT2D eigenvalue weighted by molar-refractivity contribution is 7.93. The Morgan fingerprint density at radius 3 is 1.21 bits per heavy atom. The molecule has 0 aliphatic rings. The lowest BCUT2D eigenvalue weighted by molar-refractivity contribution is 0.262. The predicted octanol–water partition coefficient (Wildman–Crippen LogP) is 5.55. The van der Waals surface area contributed by atoms with E-state index in [0.717, 1.165) is 11.1 Å². The number of amides is 2. The van der Waals surface area contributed by atoms with Crippen LogP contribution in [0.2, 0.25) is 0 Å². The Morgan fingerprint density at radius 1 is 0.526 bits per heavy atom. The summed E-state index contributed by atoms with van der Waals surface area (Å²) in [5.74, 6) is 0. The van der Waals surface area contributed by atoms with E-state index < -0.39 is 26.1 Å². The molecule has 0 radical (unpaired) electrons. The van der Waals surface area contributed by atoms with Gasteiger partial charge in [0, 0.05) is 22.7 Å². The Hall–Kier alpha value is -4.35. The van der Waals surface area contributed by atoms with Crippen molar-refractivity contribution in [2.24, 2.45) is 0 Å². The summed E-state index contributed by atoms with van der Waals surface area (Å²) in [5, 5.41) is 5.32. The third kappa shape index (κ3) is 6.90. The largest absolute Gasteiger partial charge is 0.323 e. The Morgan fingerprint density at radius 2 is 0.868 bits per heavy atom. The zero-order chi connectivity index (χ0) is 27.3. The molecule has 0 saturated carbocycles. The summed E-state index contributed by atoms with van der Waals surface area (Å²) in [5.41, 5.74) is 3.25. The van der Waals surface area contributed by atoms with E-state index in [4.69, 9.17) is 0 Å². The van der Waals surface area contributed by atoms with E-state index in [1.165, 1.54) is 36.4 Å². The van der Waals surface area contributed by atoms with Gasteiger partial charge in [0.15, 0.2) is 0 Å². The number of hydrogen-bond acceptors (Lipinski definition) is 5. The maximum atomic E-state index is 12.6. The van der Waals surface area contributed by atoms with E-state index in [-0.39, 0.29) is 9.79 Å². The van der Waals surface area contributed by atoms with Gasteiger partial charge in [0.25, 0.3) is 20.0 Å². The first kappa shape index (κ1) is 26.7. The minimum atomic E-state index is -3.74. The Balaban J connectivity index is 1.33. The summed E-state index contributed by atoms with van der Waals surface area (Å²) in [6.07, 6.45) is 0. The molecule has 0 atom stereocenters. The summed E-state index contributed by atoms with van der Waals surface area (Å²) in [6, 6.07) is 25.1. The van der Waals surface area contributed by atoms with Crippen LogP contribution in [-0.2, 0) is 20.0 Å². The highest BCUT2D eigenvalue weighted by Crippen LogP contribution is 2.21. The van der Waals surface area contributed by atoms with Gasteiger partial charge in [0.2, 0.25) is 0 Å². The molecule has 9 nitrogen and oxygen atoms in total. The highest BCUT2D eigenvalue weighted by Gasteiger charge is 2.15. The van der Waals surface area contributed by atoms with Crippen LogP contribution in [0.5, 0.6) is 0 Å². The number of rotatable bonds is 8. The van der Waals surface area contributed by atoms with Crippen molar-refractivity contribution in [3.63, 3.8) is 0 Å².